The van der Waals surface area contributed by atoms with Crippen LogP contribution in [0.25, 0.3) is 0 Å². The van der Waals surface area contributed by atoms with Gasteiger partial charge in [0, 0.05) is 25.8 Å². The highest BCUT2D eigenvalue weighted by atomic mass is 15.2. The first-order valence-corrected chi connectivity index (χ1v) is 6.52. The van der Waals surface area contributed by atoms with Gasteiger partial charge < -0.3 is 10.6 Å². The molecule has 1 atom stereocenters. The lowest BCUT2D eigenvalue weighted by Gasteiger charge is -2.19. The Labute approximate surface area is 119 Å². The average Bonchev–Trinajstić information content (AvgIpc) is 2.47. The maximum atomic E-state index is 8.91. The molecular weight excluding hydrogens is 248 g/mol. The van der Waals surface area contributed by atoms with Crippen molar-refractivity contribution in [3.05, 3.63) is 59.3 Å². The number of nitrogens with two attached hydrogens (primary N) is 1. The summed E-state index contributed by atoms with van der Waals surface area (Å²) in [7, 11) is 1.98. The molecule has 1 heterocycles. The normalized spacial score (nSPS) is 11.7. The molecule has 0 saturated carbocycles. The minimum absolute atomic E-state index is 0.00540. The van der Waals surface area contributed by atoms with Crippen LogP contribution in [0.1, 0.15) is 29.7 Å². The lowest BCUT2D eigenvalue weighted by molar-refractivity contribution is 0.807. The SMILES string of the molecule is C[C@H](N)c1ccc(N(C)Cc2cccc(C#N)c2)nc1. The van der Waals surface area contributed by atoms with E-state index >= 15 is 0 Å². The van der Waals surface area contributed by atoms with Crippen LogP contribution in [0.5, 0.6) is 0 Å². The molecule has 0 radical (unpaired) electrons. The largest absolute Gasteiger partial charge is 0.355 e. The fraction of sp³-hybridized carbons (Fsp3) is 0.250. The van der Waals surface area contributed by atoms with Crippen molar-refractivity contribution in [1.82, 2.24) is 4.98 Å². The van der Waals surface area contributed by atoms with Gasteiger partial charge in [-0.1, -0.05) is 18.2 Å². The summed E-state index contributed by atoms with van der Waals surface area (Å²) >= 11 is 0. The van der Waals surface area contributed by atoms with E-state index in [2.05, 4.69) is 11.1 Å². The molecular formula is C16H18N4. The second kappa shape index (κ2) is 6.18. The van der Waals surface area contributed by atoms with Crippen molar-refractivity contribution in [2.75, 3.05) is 11.9 Å². The number of benzene rings is 1. The number of nitriles is 1. The summed E-state index contributed by atoms with van der Waals surface area (Å²) in [5, 5.41) is 8.91. The molecule has 0 aliphatic rings. The molecule has 0 amide bonds. The predicted molar refractivity (Wildman–Crippen MR) is 80.1 cm³/mol. The first-order valence-electron chi connectivity index (χ1n) is 6.52. The van der Waals surface area contributed by atoms with Gasteiger partial charge in [-0.25, -0.2) is 4.98 Å². The highest BCUT2D eigenvalue weighted by Crippen LogP contribution is 2.16. The quantitative estimate of drug-likeness (QED) is 0.923. The molecule has 0 saturated heterocycles. The van der Waals surface area contributed by atoms with Gasteiger partial charge in [-0.2, -0.15) is 5.26 Å². The molecule has 0 bridgehead atoms. The van der Waals surface area contributed by atoms with Crippen LogP contribution in [0, 0.1) is 11.3 Å². The van der Waals surface area contributed by atoms with Crippen LogP contribution in [-0.4, -0.2) is 12.0 Å². The summed E-state index contributed by atoms with van der Waals surface area (Å²) in [6, 6.07) is 13.7. The first kappa shape index (κ1) is 14.0. The van der Waals surface area contributed by atoms with E-state index in [1.807, 2.05) is 55.4 Å². The number of nitrogens with zero attached hydrogens (tertiary/aromatic N) is 3. The van der Waals surface area contributed by atoms with Gasteiger partial charge in [0.15, 0.2) is 0 Å². The van der Waals surface area contributed by atoms with Crippen LogP contribution in [-0.2, 0) is 6.54 Å². The summed E-state index contributed by atoms with van der Waals surface area (Å²) in [5.74, 6) is 0.886. The smallest absolute Gasteiger partial charge is 0.128 e. The van der Waals surface area contributed by atoms with Gasteiger partial charge in [0.2, 0.25) is 0 Å². The minimum atomic E-state index is -0.00540. The van der Waals surface area contributed by atoms with E-state index in [4.69, 9.17) is 11.0 Å². The van der Waals surface area contributed by atoms with Gasteiger partial charge in [0.05, 0.1) is 11.6 Å². The zero-order valence-electron chi connectivity index (χ0n) is 11.7. The zero-order valence-corrected chi connectivity index (χ0v) is 11.7. The van der Waals surface area contributed by atoms with Crippen molar-refractivity contribution in [2.45, 2.75) is 19.5 Å². The van der Waals surface area contributed by atoms with E-state index in [0.29, 0.717) is 12.1 Å². The number of aromatic nitrogens is 1. The van der Waals surface area contributed by atoms with E-state index in [0.717, 1.165) is 16.9 Å². The molecule has 1 aromatic carbocycles. The predicted octanol–water partition coefficient (Wildman–Crippen LogP) is 2.61. The second-order valence-corrected chi connectivity index (χ2v) is 4.91. The van der Waals surface area contributed by atoms with E-state index in [-0.39, 0.29) is 6.04 Å². The summed E-state index contributed by atoms with van der Waals surface area (Å²) in [4.78, 5) is 6.46. The fourth-order valence-electron chi connectivity index (χ4n) is 1.99. The summed E-state index contributed by atoms with van der Waals surface area (Å²) in [5.41, 5.74) is 8.60. The summed E-state index contributed by atoms with van der Waals surface area (Å²) < 4.78 is 0. The summed E-state index contributed by atoms with van der Waals surface area (Å²) in [6.07, 6.45) is 1.81. The van der Waals surface area contributed by atoms with E-state index in [9.17, 15) is 0 Å². The number of pyridine rings is 1. The summed E-state index contributed by atoms with van der Waals surface area (Å²) in [6.45, 7) is 2.65. The lowest BCUT2D eigenvalue weighted by atomic mass is 10.1. The molecule has 20 heavy (non-hydrogen) atoms. The molecule has 2 N–H and O–H groups in total. The zero-order chi connectivity index (χ0) is 14.5. The molecule has 4 nitrogen and oxygen atoms in total. The molecule has 1 aromatic heterocycles. The third kappa shape index (κ3) is 3.34. The van der Waals surface area contributed by atoms with Crippen molar-refractivity contribution in [1.29, 1.82) is 5.26 Å². The van der Waals surface area contributed by atoms with Crippen molar-refractivity contribution >= 4 is 5.82 Å². The van der Waals surface area contributed by atoms with Crippen LogP contribution in [0.2, 0.25) is 0 Å². The van der Waals surface area contributed by atoms with Crippen LogP contribution in [0.4, 0.5) is 5.82 Å². The van der Waals surface area contributed by atoms with Gasteiger partial charge in [0.25, 0.3) is 0 Å². The molecule has 102 valence electrons. The topological polar surface area (TPSA) is 65.9 Å². The molecule has 0 fully saturated rings. The Morgan fingerprint density at radius 2 is 2.15 bits per heavy atom. The Bertz CT molecular complexity index is 611. The van der Waals surface area contributed by atoms with Gasteiger partial charge in [-0.3, -0.25) is 0 Å². The third-order valence-corrected chi connectivity index (χ3v) is 3.16. The van der Waals surface area contributed by atoms with E-state index in [1.54, 1.807) is 6.07 Å². The molecule has 0 unspecified atom stereocenters. The number of anilines is 1. The van der Waals surface area contributed by atoms with E-state index < -0.39 is 0 Å². The number of rotatable bonds is 4. The minimum Gasteiger partial charge on any atom is -0.355 e. The lowest BCUT2D eigenvalue weighted by Crippen LogP contribution is -2.18. The molecule has 0 aliphatic carbocycles. The highest BCUT2D eigenvalue weighted by Gasteiger charge is 2.06. The van der Waals surface area contributed by atoms with Crippen LogP contribution in [0.3, 0.4) is 0 Å². The molecule has 0 aliphatic heterocycles. The molecule has 2 rings (SSSR count). The Hall–Kier alpha value is -2.38. The van der Waals surface area contributed by atoms with Crippen molar-refractivity contribution < 1.29 is 0 Å². The molecule has 2 aromatic rings. The first-order chi connectivity index (χ1) is 9.60. The molecule has 4 heteroatoms. The Morgan fingerprint density at radius 3 is 2.75 bits per heavy atom. The van der Waals surface area contributed by atoms with Crippen molar-refractivity contribution in [2.24, 2.45) is 5.73 Å². The number of hydrogen-bond donors (Lipinski definition) is 1. The fourth-order valence-corrected chi connectivity index (χ4v) is 1.99. The Morgan fingerprint density at radius 1 is 1.35 bits per heavy atom. The van der Waals surface area contributed by atoms with Gasteiger partial charge in [-0.15, -0.1) is 0 Å². The maximum Gasteiger partial charge on any atom is 0.128 e. The Kier molecular flexibility index (Phi) is 4.34. The van der Waals surface area contributed by atoms with Gasteiger partial charge in [0.1, 0.15) is 5.82 Å². The van der Waals surface area contributed by atoms with Crippen LogP contribution >= 0.6 is 0 Å². The highest BCUT2D eigenvalue weighted by molar-refractivity contribution is 5.41. The second-order valence-electron chi connectivity index (χ2n) is 4.91. The van der Waals surface area contributed by atoms with Crippen LogP contribution in [0.15, 0.2) is 42.6 Å². The van der Waals surface area contributed by atoms with Crippen LogP contribution < -0.4 is 10.6 Å². The Balaban J connectivity index is 2.11. The van der Waals surface area contributed by atoms with Gasteiger partial charge >= 0.3 is 0 Å². The van der Waals surface area contributed by atoms with Crippen molar-refractivity contribution in [3.63, 3.8) is 0 Å². The molecule has 0 spiro atoms. The maximum absolute atomic E-state index is 8.91. The van der Waals surface area contributed by atoms with Gasteiger partial charge in [-0.05, 0) is 36.2 Å². The average molecular weight is 266 g/mol. The third-order valence-electron chi connectivity index (χ3n) is 3.16. The number of hydrogen-bond acceptors (Lipinski definition) is 4. The van der Waals surface area contributed by atoms with Crippen molar-refractivity contribution in [3.8, 4) is 6.07 Å². The standard InChI is InChI=1S/C16H18N4/c1-12(18)15-6-7-16(19-10-15)20(2)11-14-5-3-4-13(8-14)9-17/h3-8,10,12H,11,18H2,1-2H3/t12-/m0/s1. The van der Waals surface area contributed by atoms with E-state index in [1.165, 1.54) is 0 Å². The monoisotopic (exact) mass is 266 g/mol.